The van der Waals surface area contributed by atoms with E-state index in [1.165, 1.54) is 0 Å². The van der Waals surface area contributed by atoms with E-state index >= 15 is 0 Å². The third kappa shape index (κ3) is 2.86. The summed E-state index contributed by atoms with van der Waals surface area (Å²) in [5.74, 6) is 0.124. The van der Waals surface area contributed by atoms with Gasteiger partial charge in [-0.15, -0.1) is 0 Å². The molecule has 1 unspecified atom stereocenters. The van der Waals surface area contributed by atoms with Gasteiger partial charge in [0.25, 0.3) is 0 Å². The summed E-state index contributed by atoms with van der Waals surface area (Å²) >= 11 is 0. The number of imidazole rings is 1. The van der Waals surface area contributed by atoms with E-state index in [1.54, 1.807) is 6.33 Å². The normalized spacial score (nSPS) is 18.1. The zero-order chi connectivity index (χ0) is 14.8. The van der Waals surface area contributed by atoms with Crippen LogP contribution in [0.2, 0.25) is 0 Å². The van der Waals surface area contributed by atoms with Gasteiger partial charge in [0.05, 0.1) is 37.0 Å². The lowest BCUT2D eigenvalue weighted by molar-refractivity contribution is -0.138. The van der Waals surface area contributed by atoms with Gasteiger partial charge in [-0.2, -0.15) is 0 Å². The molecule has 0 bridgehead atoms. The number of carbonyl (C=O) groups excluding carboxylic acids is 1. The summed E-state index contributed by atoms with van der Waals surface area (Å²) in [4.78, 5) is 18.6. The fraction of sp³-hybridized carbons (Fsp3) is 0.714. The first-order valence-corrected chi connectivity index (χ1v) is 7.05. The Bertz CT molecular complexity index is 463. The molecule has 6 heteroatoms. The lowest BCUT2D eigenvalue weighted by Gasteiger charge is -2.32. The Morgan fingerprint density at radius 3 is 2.70 bits per heavy atom. The molecule has 1 N–H and O–H groups in total. The zero-order valence-electron chi connectivity index (χ0n) is 12.7. The SMILES string of the molecule is CNC(C)(C)c1cncn1C(C)C(=O)N1CCOCC1. The number of carbonyl (C=O) groups is 1. The molecular formula is C14H24N4O2. The predicted octanol–water partition coefficient (Wildman–Crippen LogP) is 0.757. The highest BCUT2D eigenvalue weighted by atomic mass is 16.5. The standard InChI is InChI=1S/C14H24N4O2/c1-11(13(19)17-5-7-20-8-6-17)18-10-16-9-12(18)14(2,3)15-4/h9-11,15H,5-8H2,1-4H3. The molecule has 1 aliphatic rings. The van der Waals surface area contributed by atoms with Gasteiger partial charge in [-0.3, -0.25) is 4.79 Å². The molecule has 1 aromatic rings. The lowest BCUT2D eigenvalue weighted by Crippen LogP contribution is -2.44. The smallest absolute Gasteiger partial charge is 0.245 e. The molecule has 0 aromatic carbocycles. The number of morpholine rings is 1. The van der Waals surface area contributed by atoms with Crippen molar-refractivity contribution in [1.29, 1.82) is 0 Å². The van der Waals surface area contributed by atoms with Crippen LogP contribution in [0.3, 0.4) is 0 Å². The van der Waals surface area contributed by atoms with Crippen LogP contribution in [0.4, 0.5) is 0 Å². The molecule has 1 aromatic heterocycles. The number of amides is 1. The molecule has 20 heavy (non-hydrogen) atoms. The quantitative estimate of drug-likeness (QED) is 0.884. The predicted molar refractivity (Wildman–Crippen MR) is 76.4 cm³/mol. The van der Waals surface area contributed by atoms with E-state index < -0.39 is 0 Å². The summed E-state index contributed by atoms with van der Waals surface area (Å²) in [6, 6.07) is -0.252. The number of nitrogens with zero attached hydrogens (tertiary/aromatic N) is 3. The summed E-state index contributed by atoms with van der Waals surface area (Å²) in [7, 11) is 1.91. The summed E-state index contributed by atoms with van der Waals surface area (Å²) < 4.78 is 7.25. The van der Waals surface area contributed by atoms with Gasteiger partial charge in [0.15, 0.2) is 0 Å². The van der Waals surface area contributed by atoms with Crippen molar-refractivity contribution < 1.29 is 9.53 Å². The van der Waals surface area contributed by atoms with Gasteiger partial charge in [0.2, 0.25) is 5.91 Å². The first-order chi connectivity index (χ1) is 9.47. The van der Waals surface area contributed by atoms with Crippen LogP contribution in [-0.4, -0.2) is 53.7 Å². The van der Waals surface area contributed by atoms with Crippen molar-refractivity contribution in [3.05, 3.63) is 18.2 Å². The second kappa shape index (κ2) is 5.93. The third-order valence-electron chi connectivity index (χ3n) is 4.03. The number of aromatic nitrogens is 2. The summed E-state index contributed by atoms with van der Waals surface area (Å²) in [5, 5.41) is 3.25. The monoisotopic (exact) mass is 280 g/mol. The van der Waals surface area contributed by atoms with Crippen LogP contribution in [0.1, 0.15) is 32.5 Å². The van der Waals surface area contributed by atoms with Crippen LogP contribution in [0.5, 0.6) is 0 Å². The van der Waals surface area contributed by atoms with Crippen molar-refractivity contribution in [2.75, 3.05) is 33.4 Å². The number of nitrogens with one attached hydrogen (secondary N) is 1. The average molecular weight is 280 g/mol. The molecule has 6 nitrogen and oxygen atoms in total. The molecule has 1 fully saturated rings. The summed E-state index contributed by atoms with van der Waals surface area (Å²) in [5.41, 5.74) is 0.782. The topological polar surface area (TPSA) is 59.4 Å². The van der Waals surface area contributed by atoms with Crippen LogP contribution < -0.4 is 5.32 Å². The number of hydrogen-bond donors (Lipinski definition) is 1. The minimum absolute atomic E-state index is 0.124. The molecule has 2 rings (SSSR count). The van der Waals surface area contributed by atoms with E-state index in [4.69, 9.17) is 4.74 Å². The van der Waals surface area contributed by atoms with E-state index in [-0.39, 0.29) is 17.5 Å². The highest BCUT2D eigenvalue weighted by Gasteiger charge is 2.29. The van der Waals surface area contributed by atoms with Crippen molar-refractivity contribution in [1.82, 2.24) is 19.8 Å². The van der Waals surface area contributed by atoms with Crippen LogP contribution in [0, 0.1) is 0 Å². The van der Waals surface area contributed by atoms with Gasteiger partial charge in [0.1, 0.15) is 6.04 Å². The van der Waals surface area contributed by atoms with Crippen LogP contribution in [-0.2, 0) is 15.1 Å². The number of rotatable bonds is 4. The molecule has 1 aliphatic heterocycles. The van der Waals surface area contributed by atoms with Gasteiger partial charge in [0, 0.05) is 13.1 Å². The first-order valence-electron chi connectivity index (χ1n) is 7.05. The highest BCUT2D eigenvalue weighted by Crippen LogP contribution is 2.23. The Morgan fingerprint density at radius 1 is 1.45 bits per heavy atom. The fourth-order valence-electron chi connectivity index (χ4n) is 2.39. The first kappa shape index (κ1) is 15.0. The fourth-order valence-corrected chi connectivity index (χ4v) is 2.39. The van der Waals surface area contributed by atoms with Gasteiger partial charge in [-0.1, -0.05) is 0 Å². The van der Waals surface area contributed by atoms with E-state index in [0.717, 1.165) is 5.69 Å². The van der Waals surface area contributed by atoms with Crippen LogP contribution in [0.25, 0.3) is 0 Å². The third-order valence-corrected chi connectivity index (χ3v) is 4.03. The van der Waals surface area contributed by atoms with E-state index in [2.05, 4.69) is 24.1 Å². The Morgan fingerprint density at radius 2 is 2.10 bits per heavy atom. The summed E-state index contributed by atoms with van der Waals surface area (Å²) in [6.45, 7) is 8.66. The van der Waals surface area contributed by atoms with Crippen LogP contribution >= 0.6 is 0 Å². The molecule has 0 saturated carbocycles. The van der Waals surface area contributed by atoms with Crippen molar-refractivity contribution in [3.8, 4) is 0 Å². The van der Waals surface area contributed by atoms with Gasteiger partial charge < -0.3 is 19.5 Å². The second-order valence-electron chi connectivity index (χ2n) is 5.67. The van der Waals surface area contributed by atoms with E-state index in [0.29, 0.717) is 26.3 Å². The molecule has 0 spiro atoms. The molecule has 0 radical (unpaired) electrons. The maximum Gasteiger partial charge on any atom is 0.245 e. The zero-order valence-corrected chi connectivity index (χ0v) is 12.7. The molecule has 1 atom stereocenters. The van der Waals surface area contributed by atoms with E-state index in [9.17, 15) is 4.79 Å². The molecule has 2 heterocycles. The second-order valence-corrected chi connectivity index (χ2v) is 5.67. The highest BCUT2D eigenvalue weighted by molar-refractivity contribution is 5.80. The van der Waals surface area contributed by atoms with Crippen molar-refractivity contribution in [2.24, 2.45) is 0 Å². The van der Waals surface area contributed by atoms with Crippen LogP contribution in [0.15, 0.2) is 12.5 Å². The summed E-state index contributed by atoms with van der Waals surface area (Å²) in [6.07, 6.45) is 3.55. The van der Waals surface area contributed by atoms with Crippen molar-refractivity contribution in [3.63, 3.8) is 0 Å². The molecule has 112 valence electrons. The van der Waals surface area contributed by atoms with Gasteiger partial charge >= 0.3 is 0 Å². The minimum Gasteiger partial charge on any atom is -0.378 e. The number of hydrogen-bond acceptors (Lipinski definition) is 4. The minimum atomic E-state index is -0.252. The average Bonchev–Trinajstić information content (AvgIpc) is 2.97. The molecule has 1 saturated heterocycles. The largest absolute Gasteiger partial charge is 0.378 e. The maximum absolute atomic E-state index is 12.6. The lowest BCUT2D eigenvalue weighted by atomic mass is 10.0. The van der Waals surface area contributed by atoms with Gasteiger partial charge in [-0.05, 0) is 27.8 Å². The molecule has 0 aliphatic carbocycles. The number of ether oxygens (including phenoxy) is 1. The Kier molecular flexibility index (Phi) is 4.45. The van der Waals surface area contributed by atoms with Crippen molar-refractivity contribution in [2.45, 2.75) is 32.4 Å². The molecule has 1 amide bonds. The molecular weight excluding hydrogens is 256 g/mol. The van der Waals surface area contributed by atoms with Gasteiger partial charge in [-0.25, -0.2) is 4.98 Å². The maximum atomic E-state index is 12.6. The Labute approximate surface area is 120 Å². The van der Waals surface area contributed by atoms with E-state index in [1.807, 2.05) is 29.6 Å². The Balaban J connectivity index is 2.19. The Hall–Kier alpha value is -1.40. The van der Waals surface area contributed by atoms with Crippen molar-refractivity contribution >= 4 is 5.91 Å².